The number of benzene rings is 3. The van der Waals surface area contributed by atoms with E-state index in [9.17, 15) is 14.7 Å². The van der Waals surface area contributed by atoms with Crippen molar-refractivity contribution in [3.63, 3.8) is 0 Å². The summed E-state index contributed by atoms with van der Waals surface area (Å²) in [5.41, 5.74) is 1.52. The molecule has 3 N–H and O–H groups in total. The first kappa shape index (κ1) is 17.9. The lowest BCUT2D eigenvalue weighted by Gasteiger charge is -2.12. The largest absolute Gasteiger partial charge is 0.506 e. The Kier molecular flexibility index (Phi) is 5.64. The van der Waals surface area contributed by atoms with Crippen molar-refractivity contribution < 1.29 is 14.7 Å². The third-order valence-electron chi connectivity index (χ3n) is 3.79. The Morgan fingerprint density at radius 3 is 2.04 bits per heavy atom. The fourth-order valence-electron chi connectivity index (χ4n) is 2.43. The normalized spacial score (nSPS) is 10.9. The van der Waals surface area contributed by atoms with Crippen molar-refractivity contribution in [3.8, 4) is 5.75 Å². The molecule has 0 unspecified atom stereocenters. The maximum Gasteiger partial charge on any atom is 0.272 e. The predicted octanol–water partition coefficient (Wildman–Crippen LogP) is 3.80. The van der Waals surface area contributed by atoms with Gasteiger partial charge in [-0.05, 0) is 35.9 Å². The minimum Gasteiger partial charge on any atom is -0.506 e. The molecule has 0 aliphatic heterocycles. The number of para-hydroxylation sites is 2. The zero-order chi connectivity index (χ0) is 19.1. The molecule has 134 valence electrons. The van der Waals surface area contributed by atoms with E-state index < -0.39 is 11.8 Å². The number of aromatic hydroxyl groups is 1. The van der Waals surface area contributed by atoms with Gasteiger partial charge in [0.15, 0.2) is 0 Å². The molecule has 27 heavy (non-hydrogen) atoms. The lowest BCUT2D eigenvalue weighted by molar-refractivity contribution is -0.113. The van der Waals surface area contributed by atoms with Crippen LogP contribution in [-0.2, 0) is 4.79 Å². The van der Waals surface area contributed by atoms with Crippen LogP contribution in [0.25, 0.3) is 6.08 Å². The predicted molar refractivity (Wildman–Crippen MR) is 105 cm³/mol. The molecule has 0 saturated heterocycles. The summed E-state index contributed by atoms with van der Waals surface area (Å²) in [6, 6.07) is 24.2. The lowest BCUT2D eigenvalue weighted by atomic mass is 10.1. The molecule has 0 bridgehead atoms. The number of nitrogens with one attached hydrogen (secondary N) is 2. The zero-order valence-corrected chi connectivity index (χ0v) is 14.4. The summed E-state index contributed by atoms with van der Waals surface area (Å²) in [4.78, 5) is 25.2. The summed E-state index contributed by atoms with van der Waals surface area (Å²) in [5, 5.41) is 15.1. The second kappa shape index (κ2) is 8.49. The molecular formula is C22H18N2O3. The molecule has 3 aromatic rings. The summed E-state index contributed by atoms with van der Waals surface area (Å²) in [5.74, 6) is -0.992. The van der Waals surface area contributed by atoms with Gasteiger partial charge >= 0.3 is 0 Å². The first-order valence-electron chi connectivity index (χ1n) is 8.36. The molecule has 0 aliphatic carbocycles. The number of phenolic OH excluding ortho intramolecular Hbond substituents is 1. The van der Waals surface area contributed by atoms with E-state index >= 15 is 0 Å². The highest BCUT2D eigenvalue weighted by atomic mass is 16.3. The molecule has 5 heteroatoms. The van der Waals surface area contributed by atoms with Crippen molar-refractivity contribution in [2.24, 2.45) is 0 Å². The van der Waals surface area contributed by atoms with Crippen LogP contribution in [0.15, 0.2) is 90.6 Å². The standard InChI is InChI=1S/C22H18N2O3/c25-20-14-8-7-13-18(20)23-22(27)19(15-16-9-3-1-4-10-16)24-21(26)17-11-5-2-6-12-17/h1-15,25H,(H,23,27)(H,24,26)/b19-15-. The molecule has 0 saturated carbocycles. The van der Waals surface area contributed by atoms with Gasteiger partial charge in [-0.1, -0.05) is 60.7 Å². The first-order valence-corrected chi connectivity index (χ1v) is 8.36. The molecule has 2 amide bonds. The van der Waals surface area contributed by atoms with Gasteiger partial charge in [-0.2, -0.15) is 0 Å². The second-order valence-corrected chi connectivity index (χ2v) is 5.76. The molecule has 5 nitrogen and oxygen atoms in total. The summed E-state index contributed by atoms with van der Waals surface area (Å²) in [7, 11) is 0. The zero-order valence-electron chi connectivity index (χ0n) is 14.4. The molecule has 0 fully saturated rings. The maximum atomic E-state index is 12.7. The quantitative estimate of drug-likeness (QED) is 0.479. The van der Waals surface area contributed by atoms with E-state index in [0.29, 0.717) is 5.56 Å². The number of anilines is 1. The topological polar surface area (TPSA) is 78.4 Å². The summed E-state index contributed by atoms with van der Waals surface area (Å²) >= 11 is 0. The Bertz CT molecular complexity index is 967. The van der Waals surface area contributed by atoms with Gasteiger partial charge in [-0.3, -0.25) is 9.59 Å². The van der Waals surface area contributed by atoms with Gasteiger partial charge in [-0.15, -0.1) is 0 Å². The minimum absolute atomic E-state index is 0.0562. The Morgan fingerprint density at radius 2 is 1.37 bits per heavy atom. The molecule has 0 aromatic heterocycles. The SMILES string of the molecule is O=C(Nc1ccccc1O)/C(=C/c1ccccc1)NC(=O)c1ccccc1. The van der Waals surface area contributed by atoms with Crippen LogP contribution >= 0.6 is 0 Å². The highest BCUT2D eigenvalue weighted by molar-refractivity contribution is 6.11. The number of hydrogen-bond acceptors (Lipinski definition) is 3. The van der Waals surface area contributed by atoms with Crippen molar-refractivity contribution in [1.29, 1.82) is 0 Å². The van der Waals surface area contributed by atoms with Crippen LogP contribution in [0, 0.1) is 0 Å². The molecule has 0 spiro atoms. The van der Waals surface area contributed by atoms with Gasteiger partial charge in [0.1, 0.15) is 11.4 Å². The lowest BCUT2D eigenvalue weighted by Crippen LogP contribution is -2.30. The third-order valence-corrected chi connectivity index (χ3v) is 3.79. The number of amides is 2. The van der Waals surface area contributed by atoms with E-state index in [0.717, 1.165) is 5.56 Å². The Labute approximate surface area is 157 Å². The van der Waals surface area contributed by atoms with Crippen LogP contribution in [0.2, 0.25) is 0 Å². The Hall–Kier alpha value is -3.86. The van der Waals surface area contributed by atoms with E-state index in [1.165, 1.54) is 6.07 Å². The smallest absolute Gasteiger partial charge is 0.272 e. The van der Waals surface area contributed by atoms with Crippen molar-refractivity contribution in [3.05, 3.63) is 102 Å². The average molecular weight is 358 g/mol. The first-order chi connectivity index (χ1) is 13.1. The van der Waals surface area contributed by atoms with Crippen LogP contribution in [0.3, 0.4) is 0 Å². The molecule has 0 radical (unpaired) electrons. The van der Waals surface area contributed by atoms with E-state index in [1.54, 1.807) is 48.5 Å². The molecule has 0 aliphatic rings. The highest BCUT2D eigenvalue weighted by Gasteiger charge is 2.16. The van der Waals surface area contributed by atoms with Crippen molar-refractivity contribution in [1.82, 2.24) is 5.32 Å². The van der Waals surface area contributed by atoms with Crippen molar-refractivity contribution >= 4 is 23.6 Å². The van der Waals surface area contributed by atoms with Crippen LogP contribution in [-0.4, -0.2) is 16.9 Å². The summed E-state index contributed by atoms with van der Waals surface area (Å²) in [6.07, 6.45) is 1.58. The van der Waals surface area contributed by atoms with Gasteiger partial charge in [0.2, 0.25) is 0 Å². The van der Waals surface area contributed by atoms with Crippen molar-refractivity contribution in [2.45, 2.75) is 0 Å². The third kappa shape index (κ3) is 4.83. The van der Waals surface area contributed by atoms with Gasteiger partial charge < -0.3 is 15.7 Å². The molecule has 3 rings (SSSR count). The number of phenols is 1. The minimum atomic E-state index is -0.537. The van der Waals surface area contributed by atoms with Crippen LogP contribution in [0.1, 0.15) is 15.9 Å². The van der Waals surface area contributed by atoms with Crippen LogP contribution < -0.4 is 10.6 Å². The average Bonchev–Trinajstić information content (AvgIpc) is 2.70. The van der Waals surface area contributed by atoms with Gasteiger partial charge in [0.05, 0.1) is 5.69 Å². The monoisotopic (exact) mass is 358 g/mol. The number of hydrogen-bond donors (Lipinski definition) is 3. The Morgan fingerprint density at radius 1 is 0.778 bits per heavy atom. The van der Waals surface area contributed by atoms with Gasteiger partial charge in [0.25, 0.3) is 11.8 Å². The highest BCUT2D eigenvalue weighted by Crippen LogP contribution is 2.22. The number of rotatable bonds is 5. The van der Waals surface area contributed by atoms with Gasteiger partial charge in [0, 0.05) is 5.56 Å². The van der Waals surface area contributed by atoms with Crippen molar-refractivity contribution in [2.75, 3.05) is 5.32 Å². The second-order valence-electron chi connectivity index (χ2n) is 5.76. The number of carbonyl (C=O) groups excluding carboxylic acids is 2. The molecule has 0 atom stereocenters. The summed E-state index contributed by atoms with van der Waals surface area (Å²) < 4.78 is 0. The fourth-order valence-corrected chi connectivity index (χ4v) is 2.43. The molecule has 3 aromatic carbocycles. The van der Waals surface area contributed by atoms with E-state index in [-0.39, 0.29) is 17.1 Å². The fraction of sp³-hybridized carbons (Fsp3) is 0. The van der Waals surface area contributed by atoms with E-state index in [1.807, 2.05) is 36.4 Å². The summed E-state index contributed by atoms with van der Waals surface area (Å²) in [6.45, 7) is 0. The Balaban J connectivity index is 1.88. The maximum absolute atomic E-state index is 12.7. The number of carbonyl (C=O) groups is 2. The van der Waals surface area contributed by atoms with E-state index in [4.69, 9.17) is 0 Å². The van der Waals surface area contributed by atoms with Crippen LogP contribution in [0.4, 0.5) is 5.69 Å². The van der Waals surface area contributed by atoms with E-state index in [2.05, 4.69) is 10.6 Å². The molecular weight excluding hydrogens is 340 g/mol. The van der Waals surface area contributed by atoms with Gasteiger partial charge in [-0.25, -0.2) is 0 Å². The molecule has 0 heterocycles. The van der Waals surface area contributed by atoms with Crippen LogP contribution in [0.5, 0.6) is 5.75 Å².